The lowest BCUT2D eigenvalue weighted by molar-refractivity contribution is -0.135. The summed E-state index contributed by atoms with van der Waals surface area (Å²) in [5.74, 6) is 0.281. The lowest BCUT2D eigenvalue weighted by Gasteiger charge is -2.43. The smallest absolute Gasteiger partial charge is 0.408 e. The second-order valence-electron chi connectivity index (χ2n) is 7.87. The first-order valence-electron chi connectivity index (χ1n) is 9.97. The molecule has 4 rings (SSSR count). The molecule has 3 heterocycles. The van der Waals surface area contributed by atoms with Crippen LogP contribution in [0.3, 0.4) is 0 Å². The standard InChI is InChI=1S/C22H25N3O4/c1-15(23-22(28)29-14-16-6-3-2-4-7-16)21(27)24-11-17-10-18(13-24)19-8-5-9-20(26)25(19)12-17/h2-9,15,17-18H,10-14H2,1H3,(H,23,28)/t15-,17-,18+/m0/s1. The minimum absolute atomic E-state index is 0.0215. The molecule has 1 aromatic heterocycles. The van der Waals surface area contributed by atoms with Crippen LogP contribution in [0.2, 0.25) is 0 Å². The van der Waals surface area contributed by atoms with Crippen LogP contribution < -0.4 is 10.9 Å². The summed E-state index contributed by atoms with van der Waals surface area (Å²) in [6.07, 6.45) is 0.373. The fraction of sp³-hybridized carbons (Fsp3) is 0.409. The van der Waals surface area contributed by atoms with Crippen molar-refractivity contribution in [2.24, 2.45) is 5.92 Å². The molecule has 0 unspecified atom stereocenters. The summed E-state index contributed by atoms with van der Waals surface area (Å²) in [4.78, 5) is 38.9. The van der Waals surface area contributed by atoms with Gasteiger partial charge in [-0.1, -0.05) is 36.4 Å². The van der Waals surface area contributed by atoms with Gasteiger partial charge < -0.3 is 19.5 Å². The highest BCUT2D eigenvalue weighted by atomic mass is 16.5. The van der Waals surface area contributed by atoms with Crippen molar-refractivity contribution >= 4 is 12.0 Å². The highest BCUT2D eigenvalue weighted by Crippen LogP contribution is 2.35. The van der Waals surface area contributed by atoms with Gasteiger partial charge in [-0.3, -0.25) is 9.59 Å². The van der Waals surface area contributed by atoms with E-state index in [1.54, 1.807) is 19.1 Å². The third-order valence-corrected chi connectivity index (χ3v) is 5.71. The second kappa shape index (κ2) is 8.11. The summed E-state index contributed by atoms with van der Waals surface area (Å²) in [6, 6.07) is 14.1. The van der Waals surface area contributed by atoms with Crippen molar-refractivity contribution in [1.29, 1.82) is 0 Å². The van der Waals surface area contributed by atoms with E-state index in [1.807, 2.05) is 45.9 Å². The van der Waals surface area contributed by atoms with E-state index in [9.17, 15) is 14.4 Å². The molecule has 3 atom stereocenters. The van der Waals surface area contributed by atoms with Crippen LogP contribution in [0.15, 0.2) is 53.3 Å². The number of amides is 2. The average Bonchev–Trinajstić information content (AvgIpc) is 2.73. The number of pyridine rings is 1. The predicted octanol–water partition coefficient (Wildman–Crippen LogP) is 2.11. The van der Waals surface area contributed by atoms with Crippen molar-refractivity contribution in [1.82, 2.24) is 14.8 Å². The van der Waals surface area contributed by atoms with Gasteiger partial charge in [0.05, 0.1) is 0 Å². The van der Waals surface area contributed by atoms with Gasteiger partial charge in [0.1, 0.15) is 12.6 Å². The average molecular weight is 395 g/mol. The molecular weight excluding hydrogens is 370 g/mol. The molecule has 152 valence electrons. The topological polar surface area (TPSA) is 80.6 Å². The van der Waals surface area contributed by atoms with Crippen molar-refractivity contribution < 1.29 is 14.3 Å². The summed E-state index contributed by atoms with van der Waals surface area (Å²) in [7, 11) is 0. The normalized spacial score (nSPS) is 21.1. The number of aromatic nitrogens is 1. The van der Waals surface area contributed by atoms with Gasteiger partial charge in [-0.15, -0.1) is 0 Å². The molecular formula is C22H25N3O4. The quantitative estimate of drug-likeness (QED) is 0.860. The lowest BCUT2D eigenvalue weighted by Crippen LogP contribution is -2.54. The Bertz CT molecular complexity index is 956. The van der Waals surface area contributed by atoms with E-state index in [2.05, 4.69) is 5.32 Å². The summed E-state index contributed by atoms with van der Waals surface area (Å²) in [6.45, 7) is 3.63. The number of hydrogen-bond acceptors (Lipinski definition) is 4. The van der Waals surface area contributed by atoms with E-state index in [-0.39, 0.29) is 29.9 Å². The van der Waals surface area contributed by atoms with Gasteiger partial charge in [0.15, 0.2) is 0 Å². The molecule has 0 saturated carbocycles. The van der Waals surface area contributed by atoms with Gasteiger partial charge >= 0.3 is 6.09 Å². The fourth-order valence-electron chi connectivity index (χ4n) is 4.35. The molecule has 2 aliphatic heterocycles. The van der Waals surface area contributed by atoms with Crippen LogP contribution >= 0.6 is 0 Å². The van der Waals surface area contributed by atoms with Gasteiger partial charge in [-0.05, 0) is 30.9 Å². The molecule has 1 saturated heterocycles. The Balaban J connectivity index is 1.35. The highest BCUT2D eigenvalue weighted by Gasteiger charge is 2.37. The van der Waals surface area contributed by atoms with Gasteiger partial charge in [0, 0.05) is 37.3 Å². The molecule has 1 N–H and O–H groups in total. The molecule has 7 nitrogen and oxygen atoms in total. The Hall–Kier alpha value is -3.09. The maximum Gasteiger partial charge on any atom is 0.408 e. The third-order valence-electron chi connectivity index (χ3n) is 5.71. The van der Waals surface area contributed by atoms with Crippen molar-refractivity contribution in [3.8, 4) is 0 Å². The van der Waals surface area contributed by atoms with Crippen molar-refractivity contribution in [3.05, 3.63) is 70.1 Å². The first kappa shape index (κ1) is 19.2. The van der Waals surface area contributed by atoms with Crippen LogP contribution in [-0.2, 0) is 22.7 Å². The molecule has 29 heavy (non-hydrogen) atoms. The Morgan fingerprint density at radius 1 is 1.10 bits per heavy atom. The van der Waals surface area contributed by atoms with Gasteiger partial charge in [-0.25, -0.2) is 4.79 Å². The number of carbonyl (C=O) groups is 2. The zero-order valence-electron chi connectivity index (χ0n) is 16.4. The van der Waals surface area contributed by atoms with E-state index in [0.29, 0.717) is 19.6 Å². The molecule has 2 bridgehead atoms. The molecule has 2 aromatic rings. The SMILES string of the molecule is C[C@H](NC(=O)OCc1ccccc1)C(=O)N1C[C@@H]2C[C@H](C1)c1cccc(=O)n1C2. The fourth-order valence-corrected chi connectivity index (χ4v) is 4.35. The molecule has 0 radical (unpaired) electrons. The number of carbonyl (C=O) groups excluding carboxylic acids is 2. The Morgan fingerprint density at radius 3 is 2.69 bits per heavy atom. The van der Waals surface area contributed by atoms with Gasteiger partial charge in [0.2, 0.25) is 5.91 Å². The van der Waals surface area contributed by atoms with E-state index in [1.165, 1.54) is 0 Å². The molecule has 1 aromatic carbocycles. The Labute approximate surface area is 169 Å². The number of alkyl carbamates (subject to hydrolysis) is 1. The zero-order chi connectivity index (χ0) is 20.4. The van der Waals surface area contributed by atoms with Crippen LogP contribution in [-0.4, -0.2) is 40.6 Å². The minimum atomic E-state index is -0.671. The number of piperidine rings is 1. The largest absolute Gasteiger partial charge is 0.445 e. The highest BCUT2D eigenvalue weighted by molar-refractivity contribution is 5.85. The maximum absolute atomic E-state index is 12.9. The van der Waals surface area contributed by atoms with E-state index in [0.717, 1.165) is 17.7 Å². The predicted molar refractivity (Wildman–Crippen MR) is 107 cm³/mol. The van der Waals surface area contributed by atoms with Crippen LogP contribution in [0, 0.1) is 5.92 Å². The van der Waals surface area contributed by atoms with Gasteiger partial charge in [-0.2, -0.15) is 0 Å². The maximum atomic E-state index is 12.9. The number of hydrogen-bond donors (Lipinski definition) is 1. The number of nitrogens with zero attached hydrogens (tertiary/aromatic N) is 2. The summed E-state index contributed by atoms with van der Waals surface area (Å²) in [5.41, 5.74) is 1.90. The van der Waals surface area contributed by atoms with Crippen molar-refractivity contribution in [2.45, 2.75) is 38.5 Å². The number of fused-ring (bicyclic) bond motifs is 4. The number of nitrogens with one attached hydrogen (secondary N) is 1. The number of benzene rings is 1. The van der Waals surface area contributed by atoms with Crippen molar-refractivity contribution in [2.75, 3.05) is 13.1 Å². The van der Waals surface area contributed by atoms with E-state index >= 15 is 0 Å². The van der Waals surface area contributed by atoms with Crippen LogP contribution in [0.4, 0.5) is 4.79 Å². The lowest BCUT2D eigenvalue weighted by atomic mass is 9.83. The van der Waals surface area contributed by atoms with Crippen LogP contribution in [0.5, 0.6) is 0 Å². The number of rotatable bonds is 4. The molecule has 7 heteroatoms. The number of likely N-dealkylation sites (tertiary alicyclic amines) is 1. The van der Waals surface area contributed by atoms with E-state index < -0.39 is 12.1 Å². The van der Waals surface area contributed by atoms with Gasteiger partial charge in [0.25, 0.3) is 5.56 Å². The first-order valence-corrected chi connectivity index (χ1v) is 9.97. The monoisotopic (exact) mass is 395 g/mol. The first-order chi connectivity index (χ1) is 14.0. The molecule has 1 fully saturated rings. The second-order valence-corrected chi connectivity index (χ2v) is 7.87. The van der Waals surface area contributed by atoms with E-state index in [4.69, 9.17) is 4.74 Å². The Morgan fingerprint density at radius 2 is 1.90 bits per heavy atom. The Kier molecular flexibility index (Phi) is 5.38. The summed E-state index contributed by atoms with van der Waals surface area (Å²) in [5, 5.41) is 2.63. The summed E-state index contributed by atoms with van der Waals surface area (Å²) < 4.78 is 7.05. The van der Waals surface area contributed by atoms with Crippen molar-refractivity contribution in [3.63, 3.8) is 0 Å². The molecule has 0 spiro atoms. The molecule has 2 amide bonds. The molecule has 0 aliphatic carbocycles. The van der Waals surface area contributed by atoms with Crippen LogP contribution in [0.25, 0.3) is 0 Å². The molecule has 2 aliphatic rings. The number of ether oxygens (including phenoxy) is 1. The van der Waals surface area contributed by atoms with Crippen LogP contribution in [0.1, 0.15) is 30.5 Å². The zero-order valence-corrected chi connectivity index (χ0v) is 16.4. The third kappa shape index (κ3) is 4.18. The minimum Gasteiger partial charge on any atom is -0.445 e. The summed E-state index contributed by atoms with van der Waals surface area (Å²) >= 11 is 0.